The van der Waals surface area contributed by atoms with Crippen molar-refractivity contribution >= 4 is 34.9 Å². The fourth-order valence-corrected chi connectivity index (χ4v) is 2.99. The first-order valence-electron chi connectivity index (χ1n) is 8.15. The maximum Gasteiger partial charge on any atom is 0.229 e. The number of hydrogen-bond acceptors (Lipinski definition) is 5. The fraction of sp³-hybridized carbons (Fsp3) is 0.200. The van der Waals surface area contributed by atoms with E-state index >= 15 is 0 Å². The topological polar surface area (TPSA) is 41.1 Å². The van der Waals surface area contributed by atoms with Crippen molar-refractivity contribution in [2.24, 2.45) is 0 Å². The van der Waals surface area contributed by atoms with E-state index < -0.39 is 0 Å². The van der Waals surface area contributed by atoms with E-state index in [1.807, 2.05) is 49.5 Å². The first kappa shape index (κ1) is 17.3. The minimum absolute atomic E-state index is 0.624. The van der Waals surface area contributed by atoms with Gasteiger partial charge in [0, 0.05) is 30.2 Å². The second kappa shape index (κ2) is 8.03. The molecule has 3 aromatic rings. The van der Waals surface area contributed by atoms with Crippen LogP contribution in [0.1, 0.15) is 11.3 Å². The summed E-state index contributed by atoms with van der Waals surface area (Å²) in [5.74, 6) is 2.35. The summed E-state index contributed by atoms with van der Waals surface area (Å²) in [6.45, 7) is 2.07. The highest BCUT2D eigenvalue weighted by molar-refractivity contribution is 7.97. The van der Waals surface area contributed by atoms with Crippen LogP contribution in [0.25, 0.3) is 0 Å². The van der Waals surface area contributed by atoms with Crippen molar-refractivity contribution in [2.45, 2.75) is 12.7 Å². The number of para-hydroxylation sites is 2. The number of anilines is 4. The van der Waals surface area contributed by atoms with E-state index in [2.05, 4.69) is 46.6 Å². The summed E-state index contributed by atoms with van der Waals surface area (Å²) in [6.07, 6.45) is 2.08. The van der Waals surface area contributed by atoms with E-state index in [-0.39, 0.29) is 0 Å². The van der Waals surface area contributed by atoms with Crippen LogP contribution >= 0.6 is 11.8 Å². The second-order valence-electron chi connectivity index (χ2n) is 5.81. The third-order valence-corrected chi connectivity index (χ3v) is 4.52. The maximum atomic E-state index is 4.72. The number of nitrogens with one attached hydrogen (secondary N) is 1. The molecule has 1 heterocycles. The Morgan fingerprint density at radius 2 is 1.72 bits per heavy atom. The Balaban J connectivity index is 1.96. The maximum absolute atomic E-state index is 4.72. The zero-order chi connectivity index (χ0) is 17.6. The number of aromatic nitrogens is 2. The molecule has 0 fully saturated rings. The van der Waals surface area contributed by atoms with Crippen LogP contribution in [0.2, 0.25) is 0 Å². The van der Waals surface area contributed by atoms with Crippen molar-refractivity contribution in [3.05, 3.63) is 71.9 Å². The van der Waals surface area contributed by atoms with Gasteiger partial charge in [-0.1, -0.05) is 36.4 Å². The molecule has 0 bridgehead atoms. The zero-order valence-corrected chi connectivity index (χ0v) is 15.5. The van der Waals surface area contributed by atoms with Gasteiger partial charge in [-0.2, -0.15) is 16.7 Å². The van der Waals surface area contributed by atoms with Crippen LogP contribution in [0, 0.1) is 6.92 Å². The Hall–Kier alpha value is -2.53. The number of aryl methyl sites for hydroxylation is 1. The Morgan fingerprint density at radius 1 is 1.00 bits per heavy atom. The average Bonchev–Trinajstić information content (AvgIpc) is 2.64. The molecule has 2 aromatic carbocycles. The lowest BCUT2D eigenvalue weighted by molar-refractivity contribution is 1.04. The van der Waals surface area contributed by atoms with Crippen molar-refractivity contribution in [1.82, 2.24) is 9.97 Å². The predicted octanol–water partition coefficient (Wildman–Crippen LogP) is 5.16. The number of benzene rings is 2. The van der Waals surface area contributed by atoms with Gasteiger partial charge in [0.25, 0.3) is 0 Å². The molecule has 0 radical (unpaired) electrons. The summed E-state index contributed by atoms with van der Waals surface area (Å²) >= 11 is 1.75. The molecule has 0 saturated carbocycles. The second-order valence-corrected chi connectivity index (χ2v) is 6.67. The molecular weight excluding hydrogens is 328 g/mol. The first-order chi connectivity index (χ1) is 12.2. The van der Waals surface area contributed by atoms with Gasteiger partial charge < -0.3 is 10.2 Å². The van der Waals surface area contributed by atoms with Crippen molar-refractivity contribution in [3.63, 3.8) is 0 Å². The van der Waals surface area contributed by atoms with Gasteiger partial charge in [-0.25, -0.2) is 4.98 Å². The monoisotopic (exact) mass is 350 g/mol. The Kier molecular flexibility index (Phi) is 5.56. The van der Waals surface area contributed by atoms with Gasteiger partial charge in [-0.3, -0.25) is 0 Å². The largest absolute Gasteiger partial charge is 0.329 e. The molecule has 25 heavy (non-hydrogen) atoms. The standard InChI is InChI=1S/C20H22N4S/c1-15-9-7-8-12-18(15)22-20-21-16(14-25-3)13-19(23-20)24(2)17-10-5-4-6-11-17/h4-13H,14H2,1-3H3,(H,21,22,23). The minimum Gasteiger partial charge on any atom is -0.329 e. The van der Waals surface area contributed by atoms with Gasteiger partial charge in [0.05, 0.1) is 5.69 Å². The SMILES string of the molecule is CSCc1cc(N(C)c2ccccc2)nc(Nc2ccccc2C)n1. The van der Waals surface area contributed by atoms with Crippen LogP contribution in [0.4, 0.5) is 23.1 Å². The molecule has 0 saturated heterocycles. The molecular formula is C20H22N4S. The van der Waals surface area contributed by atoms with Crippen LogP contribution in [0.15, 0.2) is 60.7 Å². The van der Waals surface area contributed by atoms with E-state index in [0.29, 0.717) is 5.95 Å². The fourth-order valence-electron chi connectivity index (χ4n) is 2.55. The van der Waals surface area contributed by atoms with Gasteiger partial charge in [0.2, 0.25) is 5.95 Å². The molecule has 0 unspecified atom stereocenters. The average molecular weight is 350 g/mol. The van der Waals surface area contributed by atoms with Crippen LogP contribution in [-0.4, -0.2) is 23.3 Å². The van der Waals surface area contributed by atoms with E-state index in [1.165, 1.54) is 5.56 Å². The van der Waals surface area contributed by atoms with Gasteiger partial charge in [-0.15, -0.1) is 0 Å². The molecule has 1 aromatic heterocycles. The van der Waals surface area contributed by atoms with Crippen LogP contribution < -0.4 is 10.2 Å². The van der Waals surface area contributed by atoms with E-state index in [0.717, 1.165) is 28.6 Å². The summed E-state index contributed by atoms with van der Waals surface area (Å²) in [4.78, 5) is 11.5. The molecule has 0 aliphatic heterocycles. The number of hydrogen-bond donors (Lipinski definition) is 1. The number of nitrogens with zero attached hydrogens (tertiary/aromatic N) is 3. The molecule has 0 spiro atoms. The quantitative estimate of drug-likeness (QED) is 0.665. The Labute approximate surface area is 153 Å². The highest BCUT2D eigenvalue weighted by Crippen LogP contribution is 2.25. The van der Waals surface area contributed by atoms with Crippen LogP contribution in [0.3, 0.4) is 0 Å². The number of rotatable bonds is 6. The van der Waals surface area contributed by atoms with Crippen molar-refractivity contribution in [2.75, 3.05) is 23.5 Å². The molecule has 5 heteroatoms. The number of thioether (sulfide) groups is 1. The van der Waals surface area contributed by atoms with E-state index in [9.17, 15) is 0 Å². The van der Waals surface area contributed by atoms with Crippen LogP contribution in [0.5, 0.6) is 0 Å². The molecule has 0 amide bonds. The molecule has 1 N–H and O–H groups in total. The summed E-state index contributed by atoms with van der Waals surface area (Å²) in [5, 5.41) is 3.36. The predicted molar refractivity (Wildman–Crippen MR) is 108 cm³/mol. The smallest absolute Gasteiger partial charge is 0.229 e. The molecule has 128 valence electrons. The third-order valence-electron chi connectivity index (χ3n) is 3.94. The Morgan fingerprint density at radius 3 is 2.44 bits per heavy atom. The summed E-state index contributed by atoms with van der Waals surface area (Å²) < 4.78 is 0. The van der Waals surface area contributed by atoms with E-state index in [4.69, 9.17) is 4.98 Å². The van der Waals surface area contributed by atoms with Gasteiger partial charge in [0.1, 0.15) is 5.82 Å². The van der Waals surface area contributed by atoms with Gasteiger partial charge in [-0.05, 0) is 36.9 Å². The summed E-state index contributed by atoms with van der Waals surface area (Å²) in [7, 11) is 2.03. The van der Waals surface area contributed by atoms with Gasteiger partial charge in [0.15, 0.2) is 0 Å². The van der Waals surface area contributed by atoms with Gasteiger partial charge >= 0.3 is 0 Å². The summed E-state index contributed by atoms with van der Waals surface area (Å²) in [6, 6.07) is 20.4. The normalized spacial score (nSPS) is 10.5. The first-order valence-corrected chi connectivity index (χ1v) is 9.55. The molecule has 4 nitrogen and oxygen atoms in total. The highest BCUT2D eigenvalue weighted by Gasteiger charge is 2.11. The Bertz CT molecular complexity index is 836. The lowest BCUT2D eigenvalue weighted by Gasteiger charge is -2.20. The molecule has 0 aliphatic rings. The van der Waals surface area contributed by atoms with Crippen molar-refractivity contribution in [1.29, 1.82) is 0 Å². The molecule has 3 rings (SSSR count). The lowest BCUT2D eigenvalue weighted by atomic mass is 10.2. The highest BCUT2D eigenvalue weighted by atomic mass is 32.2. The van der Waals surface area contributed by atoms with Crippen molar-refractivity contribution < 1.29 is 0 Å². The zero-order valence-electron chi connectivity index (χ0n) is 14.7. The minimum atomic E-state index is 0.624. The lowest BCUT2D eigenvalue weighted by Crippen LogP contribution is -2.13. The molecule has 0 atom stereocenters. The third kappa shape index (κ3) is 4.31. The summed E-state index contributed by atoms with van der Waals surface area (Å²) in [5.41, 5.74) is 4.30. The van der Waals surface area contributed by atoms with Crippen molar-refractivity contribution in [3.8, 4) is 0 Å². The van der Waals surface area contributed by atoms with E-state index in [1.54, 1.807) is 11.8 Å². The van der Waals surface area contributed by atoms with Crippen LogP contribution in [-0.2, 0) is 5.75 Å². The molecule has 0 aliphatic carbocycles.